The summed E-state index contributed by atoms with van der Waals surface area (Å²) in [7, 11) is -3.94. The van der Waals surface area contributed by atoms with Crippen molar-refractivity contribution in [2.24, 2.45) is 5.14 Å². The minimum Gasteiger partial charge on any atom is -0.323 e. The number of hydrogen-bond acceptors (Lipinski definition) is 4. The molecule has 0 unspecified atom stereocenters. The first-order chi connectivity index (χ1) is 9.36. The van der Waals surface area contributed by atoms with Crippen molar-refractivity contribution in [3.05, 3.63) is 46.4 Å². The molecule has 2 aromatic rings. The monoisotopic (exact) mass is 314 g/mol. The van der Waals surface area contributed by atoms with Crippen LogP contribution in [0.4, 0.5) is 10.1 Å². The summed E-state index contributed by atoms with van der Waals surface area (Å²) in [5, 5.41) is 10.9. The van der Waals surface area contributed by atoms with Crippen LogP contribution in [0, 0.1) is 5.82 Å². The van der Waals surface area contributed by atoms with Crippen molar-refractivity contribution in [3.8, 4) is 0 Å². The molecule has 3 N–H and O–H groups in total. The Morgan fingerprint density at radius 3 is 2.70 bits per heavy atom. The van der Waals surface area contributed by atoms with Gasteiger partial charge in [0.1, 0.15) is 5.82 Å². The molecule has 1 aromatic carbocycles. The standard InChI is InChI=1S/C12H11FN2O3S2/c13-10-2-1-9(20(14,17)18)6-11(10)15-12(16)5-8-3-4-19-7-8/h1-4,6-7H,5H2,(H,15,16)(H2,14,17,18). The zero-order chi connectivity index (χ0) is 14.8. The Kier molecular flexibility index (Phi) is 4.17. The van der Waals surface area contributed by atoms with E-state index in [9.17, 15) is 17.6 Å². The lowest BCUT2D eigenvalue weighted by molar-refractivity contribution is -0.115. The highest BCUT2D eigenvalue weighted by Crippen LogP contribution is 2.19. The van der Waals surface area contributed by atoms with E-state index in [4.69, 9.17) is 5.14 Å². The second kappa shape index (κ2) is 5.70. The van der Waals surface area contributed by atoms with Crippen molar-refractivity contribution < 1.29 is 17.6 Å². The van der Waals surface area contributed by atoms with Gasteiger partial charge in [-0.05, 0) is 40.6 Å². The first-order valence-electron chi connectivity index (χ1n) is 5.49. The highest BCUT2D eigenvalue weighted by atomic mass is 32.2. The smallest absolute Gasteiger partial charge is 0.238 e. The van der Waals surface area contributed by atoms with E-state index in [1.807, 2.05) is 5.38 Å². The van der Waals surface area contributed by atoms with Gasteiger partial charge in [0.05, 0.1) is 17.0 Å². The van der Waals surface area contributed by atoms with Crippen LogP contribution in [-0.2, 0) is 21.2 Å². The van der Waals surface area contributed by atoms with E-state index in [0.29, 0.717) is 0 Å². The van der Waals surface area contributed by atoms with Gasteiger partial charge in [-0.15, -0.1) is 0 Å². The lowest BCUT2D eigenvalue weighted by atomic mass is 10.2. The molecule has 8 heteroatoms. The van der Waals surface area contributed by atoms with E-state index >= 15 is 0 Å². The van der Waals surface area contributed by atoms with Crippen molar-refractivity contribution in [2.75, 3.05) is 5.32 Å². The van der Waals surface area contributed by atoms with Gasteiger partial charge in [-0.2, -0.15) is 11.3 Å². The Balaban J connectivity index is 2.18. The number of nitrogens with two attached hydrogens (primary N) is 1. The van der Waals surface area contributed by atoms with Gasteiger partial charge >= 0.3 is 0 Å². The van der Waals surface area contributed by atoms with Gasteiger partial charge in [0.25, 0.3) is 0 Å². The van der Waals surface area contributed by atoms with Crippen molar-refractivity contribution in [1.29, 1.82) is 0 Å². The van der Waals surface area contributed by atoms with E-state index in [2.05, 4.69) is 5.32 Å². The summed E-state index contributed by atoms with van der Waals surface area (Å²) >= 11 is 1.45. The number of carbonyl (C=O) groups excluding carboxylic acids is 1. The largest absolute Gasteiger partial charge is 0.323 e. The molecule has 2 rings (SSSR count). The molecule has 0 radical (unpaired) electrons. The Morgan fingerprint density at radius 2 is 2.10 bits per heavy atom. The van der Waals surface area contributed by atoms with Gasteiger partial charge in [0, 0.05) is 0 Å². The van der Waals surface area contributed by atoms with Crippen LogP contribution in [0.25, 0.3) is 0 Å². The quantitative estimate of drug-likeness (QED) is 0.900. The molecule has 0 spiro atoms. The molecule has 0 atom stereocenters. The third kappa shape index (κ3) is 3.62. The molecule has 1 aromatic heterocycles. The third-order valence-corrected chi connectivity index (χ3v) is 4.13. The van der Waals surface area contributed by atoms with Gasteiger partial charge < -0.3 is 5.32 Å². The molecule has 1 amide bonds. The van der Waals surface area contributed by atoms with Crippen LogP contribution in [0.5, 0.6) is 0 Å². The molecule has 0 saturated carbocycles. The van der Waals surface area contributed by atoms with E-state index in [-0.39, 0.29) is 17.0 Å². The molecule has 106 valence electrons. The van der Waals surface area contributed by atoms with Crippen LogP contribution in [-0.4, -0.2) is 14.3 Å². The summed E-state index contributed by atoms with van der Waals surface area (Å²) in [5.74, 6) is -1.16. The Labute approximate surface area is 119 Å². The molecular weight excluding hydrogens is 303 g/mol. The number of sulfonamides is 1. The number of rotatable bonds is 4. The number of benzene rings is 1. The predicted molar refractivity (Wildman–Crippen MR) is 74.4 cm³/mol. The fraction of sp³-hybridized carbons (Fsp3) is 0.0833. The van der Waals surface area contributed by atoms with Gasteiger partial charge in [-0.3, -0.25) is 4.79 Å². The van der Waals surface area contributed by atoms with E-state index in [1.54, 1.807) is 11.4 Å². The summed E-state index contributed by atoms with van der Waals surface area (Å²) in [6, 6.07) is 4.76. The third-order valence-electron chi connectivity index (χ3n) is 2.49. The second-order valence-electron chi connectivity index (χ2n) is 4.04. The molecule has 5 nitrogen and oxygen atoms in total. The number of thiophene rings is 1. The zero-order valence-electron chi connectivity index (χ0n) is 10.2. The number of carbonyl (C=O) groups is 1. The predicted octanol–water partition coefficient (Wildman–Crippen LogP) is 1.72. The first-order valence-corrected chi connectivity index (χ1v) is 7.98. The summed E-state index contributed by atoms with van der Waals surface area (Å²) < 4.78 is 35.9. The lowest BCUT2D eigenvalue weighted by Gasteiger charge is -2.07. The van der Waals surface area contributed by atoms with Crippen LogP contribution in [0.3, 0.4) is 0 Å². The van der Waals surface area contributed by atoms with Crippen LogP contribution in [0.1, 0.15) is 5.56 Å². The summed E-state index contributed by atoms with van der Waals surface area (Å²) in [4.78, 5) is 11.5. The average molecular weight is 314 g/mol. The maximum atomic E-state index is 13.5. The maximum Gasteiger partial charge on any atom is 0.238 e. The van der Waals surface area contributed by atoms with E-state index in [0.717, 1.165) is 23.8 Å². The van der Waals surface area contributed by atoms with Crippen LogP contribution in [0.2, 0.25) is 0 Å². The molecule has 20 heavy (non-hydrogen) atoms. The number of primary sulfonamides is 1. The highest BCUT2D eigenvalue weighted by Gasteiger charge is 2.13. The molecular formula is C12H11FN2O3S2. The Morgan fingerprint density at radius 1 is 1.35 bits per heavy atom. The van der Waals surface area contributed by atoms with E-state index < -0.39 is 21.7 Å². The van der Waals surface area contributed by atoms with E-state index in [1.165, 1.54) is 11.3 Å². The van der Waals surface area contributed by atoms with Gasteiger partial charge in [0.2, 0.25) is 15.9 Å². The fourth-order valence-corrected chi connectivity index (χ4v) is 2.76. The van der Waals surface area contributed by atoms with Crippen molar-refractivity contribution >= 4 is 33.0 Å². The summed E-state index contributed by atoms with van der Waals surface area (Å²) in [5.41, 5.74) is 0.590. The maximum absolute atomic E-state index is 13.5. The van der Waals surface area contributed by atoms with Gasteiger partial charge in [0.15, 0.2) is 0 Å². The SMILES string of the molecule is NS(=O)(=O)c1ccc(F)c(NC(=O)Cc2ccsc2)c1. The van der Waals surface area contributed by atoms with Crippen LogP contribution < -0.4 is 10.5 Å². The number of nitrogens with one attached hydrogen (secondary N) is 1. The molecule has 0 aliphatic carbocycles. The van der Waals surface area contributed by atoms with Crippen molar-refractivity contribution in [2.45, 2.75) is 11.3 Å². The molecule has 1 heterocycles. The molecule has 0 fully saturated rings. The Hall–Kier alpha value is -1.77. The number of halogens is 1. The summed E-state index contributed by atoms with van der Waals surface area (Å²) in [6.07, 6.45) is 0.0859. The minimum absolute atomic E-state index is 0.0859. The number of hydrogen-bond donors (Lipinski definition) is 2. The average Bonchev–Trinajstić information content (AvgIpc) is 2.83. The molecule has 0 aliphatic heterocycles. The van der Waals surface area contributed by atoms with Gasteiger partial charge in [-0.1, -0.05) is 0 Å². The Bertz CT molecular complexity index is 727. The highest BCUT2D eigenvalue weighted by molar-refractivity contribution is 7.89. The number of anilines is 1. The minimum atomic E-state index is -3.94. The van der Waals surface area contributed by atoms with Gasteiger partial charge in [-0.25, -0.2) is 17.9 Å². The molecule has 0 bridgehead atoms. The second-order valence-corrected chi connectivity index (χ2v) is 6.38. The zero-order valence-corrected chi connectivity index (χ0v) is 11.8. The molecule has 0 saturated heterocycles. The van der Waals surface area contributed by atoms with Crippen LogP contribution >= 0.6 is 11.3 Å². The molecule has 0 aliphatic rings. The number of amides is 1. The van der Waals surface area contributed by atoms with Crippen molar-refractivity contribution in [3.63, 3.8) is 0 Å². The van der Waals surface area contributed by atoms with Crippen LogP contribution in [0.15, 0.2) is 39.9 Å². The lowest BCUT2D eigenvalue weighted by Crippen LogP contribution is -2.17. The first kappa shape index (κ1) is 14.6. The normalized spacial score (nSPS) is 11.3. The summed E-state index contributed by atoms with van der Waals surface area (Å²) in [6.45, 7) is 0. The van der Waals surface area contributed by atoms with Crippen molar-refractivity contribution in [1.82, 2.24) is 0 Å². The fourth-order valence-electron chi connectivity index (χ4n) is 1.55. The topological polar surface area (TPSA) is 89.3 Å².